The number of nitrogens with two attached hydrogens (primary N) is 1. The molecule has 4 rings (SSSR count). The summed E-state index contributed by atoms with van der Waals surface area (Å²) in [4.78, 5) is 0. The lowest BCUT2D eigenvalue weighted by Crippen LogP contribution is -1.95. The fourth-order valence-corrected chi connectivity index (χ4v) is 2.89. The topological polar surface area (TPSA) is 65.4 Å². The van der Waals surface area contributed by atoms with E-state index in [2.05, 4.69) is 21.5 Å². The Morgan fingerprint density at radius 3 is 2.52 bits per heavy atom. The number of hydrogen-bond acceptors (Lipinski definition) is 4. The summed E-state index contributed by atoms with van der Waals surface area (Å²) in [5.41, 5.74) is 10.7. The molecule has 0 saturated carbocycles. The van der Waals surface area contributed by atoms with Crippen LogP contribution in [0.2, 0.25) is 0 Å². The Balaban J connectivity index is 2.04. The SMILES string of the molecule is COc1ccc(-c2nnc3cc(C)c4cc(N)ccc4n23)cc1. The number of aromatic nitrogens is 3. The van der Waals surface area contributed by atoms with Gasteiger partial charge in [0.2, 0.25) is 0 Å². The van der Waals surface area contributed by atoms with E-state index in [1.54, 1.807) is 7.11 Å². The summed E-state index contributed by atoms with van der Waals surface area (Å²) < 4.78 is 7.28. The van der Waals surface area contributed by atoms with E-state index in [1.165, 1.54) is 0 Å². The maximum Gasteiger partial charge on any atom is 0.168 e. The molecule has 0 atom stereocenters. The molecule has 2 aromatic carbocycles. The fraction of sp³-hybridized carbons (Fsp3) is 0.111. The number of pyridine rings is 1. The van der Waals surface area contributed by atoms with Crippen molar-refractivity contribution in [2.75, 3.05) is 12.8 Å². The van der Waals surface area contributed by atoms with Crippen molar-refractivity contribution in [3.8, 4) is 17.1 Å². The van der Waals surface area contributed by atoms with Crippen molar-refractivity contribution in [2.45, 2.75) is 6.92 Å². The van der Waals surface area contributed by atoms with Crippen LogP contribution in [0.15, 0.2) is 48.5 Å². The molecule has 2 N–H and O–H groups in total. The summed E-state index contributed by atoms with van der Waals surface area (Å²) in [5, 5.41) is 9.80. The zero-order valence-electron chi connectivity index (χ0n) is 12.9. The predicted molar refractivity (Wildman–Crippen MR) is 91.6 cm³/mol. The van der Waals surface area contributed by atoms with Gasteiger partial charge < -0.3 is 10.5 Å². The van der Waals surface area contributed by atoms with Gasteiger partial charge in [0, 0.05) is 16.6 Å². The van der Waals surface area contributed by atoms with Crippen molar-refractivity contribution in [1.82, 2.24) is 14.6 Å². The highest BCUT2D eigenvalue weighted by Gasteiger charge is 2.13. The first-order chi connectivity index (χ1) is 11.2. The zero-order valence-corrected chi connectivity index (χ0v) is 12.9. The number of benzene rings is 2. The van der Waals surface area contributed by atoms with Gasteiger partial charge in [-0.3, -0.25) is 4.40 Å². The molecule has 0 aliphatic carbocycles. The lowest BCUT2D eigenvalue weighted by atomic mass is 10.1. The molecule has 0 radical (unpaired) electrons. The summed E-state index contributed by atoms with van der Waals surface area (Å²) in [6.45, 7) is 2.06. The number of anilines is 1. The highest BCUT2D eigenvalue weighted by Crippen LogP contribution is 2.28. The lowest BCUT2D eigenvalue weighted by molar-refractivity contribution is 0.415. The second-order valence-corrected chi connectivity index (χ2v) is 5.55. The Kier molecular flexibility index (Phi) is 2.94. The number of hydrogen-bond donors (Lipinski definition) is 1. The van der Waals surface area contributed by atoms with Crippen molar-refractivity contribution in [3.05, 3.63) is 54.1 Å². The van der Waals surface area contributed by atoms with Gasteiger partial charge in [-0.25, -0.2) is 0 Å². The number of nitrogen functional groups attached to an aromatic ring is 1. The van der Waals surface area contributed by atoms with Crippen molar-refractivity contribution in [1.29, 1.82) is 0 Å². The number of aryl methyl sites for hydroxylation is 1. The van der Waals surface area contributed by atoms with Gasteiger partial charge in [0.1, 0.15) is 5.75 Å². The lowest BCUT2D eigenvalue weighted by Gasteiger charge is -2.09. The van der Waals surface area contributed by atoms with E-state index >= 15 is 0 Å². The average molecular weight is 304 g/mol. The monoisotopic (exact) mass is 304 g/mol. The molecule has 0 aliphatic heterocycles. The smallest absolute Gasteiger partial charge is 0.168 e. The predicted octanol–water partition coefficient (Wildman–Crippen LogP) is 3.45. The Morgan fingerprint density at radius 2 is 1.78 bits per heavy atom. The highest BCUT2D eigenvalue weighted by molar-refractivity contribution is 5.89. The molecule has 23 heavy (non-hydrogen) atoms. The summed E-state index contributed by atoms with van der Waals surface area (Å²) in [5.74, 6) is 1.62. The standard InChI is InChI=1S/C18H16N4O/c1-11-9-17-20-21-18(12-3-6-14(23-2)7-4-12)22(17)16-8-5-13(19)10-15(11)16/h3-10H,19H2,1-2H3. The highest BCUT2D eigenvalue weighted by atomic mass is 16.5. The van der Waals surface area contributed by atoms with Crippen LogP contribution in [-0.2, 0) is 0 Å². The second kappa shape index (κ2) is 4.98. The molecule has 2 heterocycles. The van der Waals surface area contributed by atoms with Crippen LogP contribution in [0.1, 0.15) is 5.56 Å². The van der Waals surface area contributed by atoms with E-state index in [9.17, 15) is 0 Å². The van der Waals surface area contributed by atoms with Crippen LogP contribution in [-0.4, -0.2) is 21.7 Å². The molecule has 114 valence electrons. The third kappa shape index (κ3) is 2.09. The van der Waals surface area contributed by atoms with Gasteiger partial charge >= 0.3 is 0 Å². The van der Waals surface area contributed by atoms with Gasteiger partial charge in [0.25, 0.3) is 0 Å². The van der Waals surface area contributed by atoms with Crippen LogP contribution in [0.25, 0.3) is 27.9 Å². The maximum atomic E-state index is 5.94. The van der Waals surface area contributed by atoms with Crippen LogP contribution < -0.4 is 10.5 Å². The molecule has 0 unspecified atom stereocenters. The molecule has 4 aromatic rings. The maximum absolute atomic E-state index is 5.94. The van der Waals surface area contributed by atoms with Crippen LogP contribution in [0.5, 0.6) is 5.75 Å². The van der Waals surface area contributed by atoms with E-state index in [-0.39, 0.29) is 0 Å². The minimum absolute atomic E-state index is 0.749. The molecule has 0 bridgehead atoms. The minimum Gasteiger partial charge on any atom is -0.497 e. The first kappa shape index (κ1) is 13.6. The zero-order chi connectivity index (χ0) is 16.0. The summed E-state index contributed by atoms with van der Waals surface area (Å²) in [7, 11) is 1.65. The van der Waals surface area contributed by atoms with Crippen LogP contribution in [0.3, 0.4) is 0 Å². The Labute approximate surface area is 133 Å². The number of nitrogens with zero attached hydrogens (tertiary/aromatic N) is 3. The average Bonchev–Trinajstić information content (AvgIpc) is 2.99. The first-order valence-corrected chi connectivity index (χ1v) is 7.36. The van der Waals surface area contributed by atoms with Crippen LogP contribution >= 0.6 is 0 Å². The van der Waals surface area contributed by atoms with Crippen molar-refractivity contribution < 1.29 is 4.74 Å². The Morgan fingerprint density at radius 1 is 1.00 bits per heavy atom. The van der Waals surface area contributed by atoms with Gasteiger partial charge in [0.05, 0.1) is 12.6 Å². The van der Waals surface area contributed by atoms with Crippen LogP contribution in [0.4, 0.5) is 5.69 Å². The van der Waals surface area contributed by atoms with Crippen molar-refractivity contribution >= 4 is 22.2 Å². The largest absolute Gasteiger partial charge is 0.497 e. The Bertz CT molecular complexity index is 1020. The molecule has 5 nitrogen and oxygen atoms in total. The summed E-state index contributed by atoms with van der Waals surface area (Å²) in [6.07, 6.45) is 0. The Hall–Kier alpha value is -3.08. The van der Waals surface area contributed by atoms with Gasteiger partial charge in [-0.2, -0.15) is 0 Å². The van der Waals surface area contributed by atoms with Gasteiger partial charge in [-0.05, 0) is 61.0 Å². The van der Waals surface area contributed by atoms with E-state index in [0.29, 0.717) is 0 Å². The quantitative estimate of drug-likeness (QED) is 0.576. The fourth-order valence-electron chi connectivity index (χ4n) is 2.89. The molecular weight excluding hydrogens is 288 g/mol. The van der Waals surface area contributed by atoms with Crippen LogP contribution in [0, 0.1) is 6.92 Å². The minimum atomic E-state index is 0.749. The number of ether oxygens (including phenoxy) is 1. The third-order valence-corrected chi connectivity index (χ3v) is 4.07. The van der Waals surface area contributed by atoms with Gasteiger partial charge in [-0.1, -0.05) is 0 Å². The number of methoxy groups -OCH3 is 1. The molecule has 5 heteroatoms. The van der Waals surface area contributed by atoms with Gasteiger partial charge in [0.15, 0.2) is 11.5 Å². The molecule has 0 aliphatic rings. The molecule has 2 aromatic heterocycles. The summed E-state index contributed by atoms with van der Waals surface area (Å²) in [6, 6.07) is 15.7. The first-order valence-electron chi connectivity index (χ1n) is 7.36. The molecule has 0 fully saturated rings. The van der Waals surface area contributed by atoms with Crippen molar-refractivity contribution in [2.24, 2.45) is 0 Å². The normalized spacial score (nSPS) is 11.2. The molecule has 0 saturated heterocycles. The number of rotatable bonds is 2. The summed E-state index contributed by atoms with van der Waals surface area (Å²) >= 11 is 0. The van der Waals surface area contributed by atoms with E-state index in [0.717, 1.165) is 44.9 Å². The number of fused-ring (bicyclic) bond motifs is 3. The van der Waals surface area contributed by atoms with Crippen molar-refractivity contribution in [3.63, 3.8) is 0 Å². The molecule has 0 amide bonds. The van der Waals surface area contributed by atoms with E-state index < -0.39 is 0 Å². The van der Waals surface area contributed by atoms with E-state index in [1.807, 2.05) is 48.5 Å². The second-order valence-electron chi connectivity index (χ2n) is 5.55. The molecule has 0 spiro atoms. The van der Waals surface area contributed by atoms with E-state index in [4.69, 9.17) is 10.5 Å². The molecular formula is C18H16N4O. The van der Waals surface area contributed by atoms with Gasteiger partial charge in [-0.15, -0.1) is 10.2 Å². The third-order valence-electron chi connectivity index (χ3n) is 4.07.